The quantitative estimate of drug-likeness (QED) is 0.786. The van der Waals surface area contributed by atoms with Gasteiger partial charge in [-0.3, -0.25) is 0 Å². The van der Waals surface area contributed by atoms with Gasteiger partial charge in [0.25, 0.3) is 0 Å². The molecule has 0 unspecified atom stereocenters. The van der Waals surface area contributed by atoms with E-state index in [1.807, 2.05) is 0 Å². The Hall–Kier alpha value is -2.53. The molecule has 2 rings (SSSR count). The van der Waals surface area contributed by atoms with E-state index < -0.39 is 11.9 Å². The molecule has 0 radical (unpaired) electrons. The lowest BCUT2D eigenvalue weighted by atomic mass is 9.99. The first kappa shape index (κ1) is 15.9. The molecule has 0 fully saturated rings. The molecule has 0 aromatic heterocycles. The highest BCUT2D eigenvalue weighted by molar-refractivity contribution is 6.30. The van der Waals surface area contributed by atoms with Crippen LogP contribution >= 0.6 is 11.6 Å². The monoisotopic (exact) mass is 320 g/mol. The second kappa shape index (κ2) is 6.49. The van der Waals surface area contributed by atoms with E-state index in [0.29, 0.717) is 29.0 Å². The molecule has 114 valence electrons. The van der Waals surface area contributed by atoms with Crippen LogP contribution in [0.25, 0.3) is 0 Å². The standard InChI is InChI=1S/C16H13ClO5/c17-13-3-4-14(18)10(8-13)2-1-9-5-11(15(19)20)7-12(6-9)16(21)22/h3-8,18H,1-2H2,(H,19,20)(H,21,22). The molecule has 0 aliphatic rings. The minimum atomic E-state index is -1.19. The van der Waals surface area contributed by atoms with Gasteiger partial charge in [-0.05, 0) is 60.4 Å². The zero-order valence-electron chi connectivity index (χ0n) is 11.4. The van der Waals surface area contributed by atoms with Crippen molar-refractivity contribution in [2.24, 2.45) is 0 Å². The summed E-state index contributed by atoms with van der Waals surface area (Å²) in [6, 6.07) is 8.63. The number of hydrogen-bond acceptors (Lipinski definition) is 3. The molecule has 0 atom stereocenters. The first-order valence-electron chi connectivity index (χ1n) is 6.45. The summed E-state index contributed by atoms with van der Waals surface area (Å²) in [5.74, 6) is -2.28. The van der Waals surface area contributed by atoms with Gasteiger partial charge in [-0.15, -0.1) is 0 Å². The van der Waals surface area contributed by atoms with Crippen LogP contribution in [0.4, 0.5) is 0 Å². The Morgan fingerprint density at radius 3 is 2.05 bits per heavy atom. The number of halogens is 1. The molecule has 0 bridgehead atoms. The van der Waals surface area contributed by atoms with Crippen LogP contribution in [0.5, 0.6) is 5.75 Å². The summed E-state index contributed by atoms with van der Waals surface area (Å²) in [7, 11) is 0. The number of phenolic OH excluding ortho intramolecular Hbond substituents is 1. The molecule has 5 nitrogen and oxygen atoms in total. The van der Waals surface area contributed by atoms with E-state index in [1.165, 1.54) is 18.2 Å². The third-order valence-electron chi connectivity index (χ3n) is 3.21. The highest BCUT2D eigenvalue weighted by Crippen LogP contribution is 2.23. The summed E-state index contributed by atoms with van der Waals surface area (Å²) in [5.41, 5.74) is 1.03. The molecule has 0 aliphatic carbocycles. The maximum atomic E-state index is 11.1. The van der Waals surface area contributed by atoms with Gasteiger partial charge in [-0.25, -0.2) is 9.59 Å². The molecule has 0 saturated carbocycles. The lowest BCUT2D eigenvalue weighted by molar-refractivity contribution is 0.0696. The van der Waals surface area contributed by atoms with Gasteiger partial charge in [0, 0.05) is 5.02 Å². The van der Waals surface area contributed by atoms with Crippen molar-refractivity contribution in [1.29, 1.82) is 0 Å². The average molecular weight is 321 g/mol. The van der Waals surface area contributed by atoms with Crippen LogP contribution in [0, 0.1) is 0 Å². The van der Waals surface area contributed by atoms with Gasteiger partial charge >= 0.3 is 11.9 Å². The second-order valence-corrected chi connectivity index (χ2v) is 5.24. The SMILES string of the molecule is O=C(O)c1cc(CCc2cc(Cl)ccc2O)cc(C(=O)O)c1. The summed E-state index contributed by atoms with van der Waals surface area (Å²) in [4.78, 5) is 22.1. The number of aromatic carboxylic acids is 2. The van der Waals surface area contributed by atoms with Crippen molar-refractivity contribution < 1.29 is 24.9 Å². The van der Waals surface area contributed by atoms with Crippen LogP contribution in [0.3, 0.4) is 0 Å². The molecule has 0 saturated heterocycles. The van der Waals surface area contributed by atoms with E-state index in [2.05, 4.69) is 0 Å². The Morgan fingerprint density at radius 1 is 0.909 bits per heavy atom. The highest BCUT2D eigenvalue weighted by atomic mass is 35.5. The summed E-state index contributed by atoms with van der Waals surface area (Å²) >= 11 is 5.87. The van der Waals surface area contributed by atoms with Gasteiger partial charge in [0.2, 0.25) is 0 Å². The van der Waals surface area contributed by atoms with Crippen molar-refractivity contribution in [2.75, 3.05) is 0 Å². The number of rotatable bonds is 5. The summed E-state index contributed by atoms with van der Waals surface area (Å²) in [6.07, 6.45) is 0.795. The third kappa shape index (κ3) is 3.77. The maximum Gasteiger partial charge on any atom is 0.335 e. The van der Waals surface area contributed by atoms with E-state index in [4.69, 9.17) is 21.8 Å². The van der Waals surface area contributed by atoms with Crippen molar-refractivity contribution in [3.05, 3.63) is 63.7 Å². The maximum absolute atomic E-state index is 11.1. The van der Waals surface area contributed by atoms with Crippen LogP contribution < -0.4 is 0 Å². The van der Waals surface area contributed by atoms with Crippen molar-refractivity contribution in [1.82, 2.24) is 0 Å². The molecule has 0 heterocycles. The number of carboxylic acids is 2. The Morgan fingerprint density at radius 2 is 1.50 bits per heavy atom. The van der Waals surface area contributed by atoms with Crippen molar-refractivity contribution in [3.8, 4) is 5.75 Å². The van der Waals surface area contributed by atoms with Gasteiger partial charge in [0.15, 0.2) is 0 Å². The lowest BCUT2D eigenvalue weighted by Gasteiger charge is -2.07. The van der Waals surface area contributed by atoms with Gasteiger partial charge in [0.1, 0.15) is 5.75 Å². The van der Waals surface area contributed by atoms with Gasteiger partial charge < -0.3 is 15.3 Å². The molecular formula is C16H13ClO5. The molecule has 2 aromatic carbocycles. The van der Waals surface area contributed by atoms with Crippen molar-refractivity contribution >= 4 is 23.5 Å². The van der Waals surface area contributed by atoms with Gasteiger partial charge in [-0.1, -0.05) is 11.6 Å². The van der Waals surface area contributed by atoms with Gasteiger partial charge in [-0.2, -0.15) is 0 Å². The first-order valence-corrected chi connectivity index (χ1v) is 6.82. The lowest BCUT2D eigenvalue weighted by Crippen LogP contribution is -2.05. The molecule has 0 spiro atoms. The molecule has 0 amide bonds. The van der Waals surface area contributed by atoms with Crippen LogP contribution in [-0.2, 0) is 12.8 Å². The predicted octanol–water partition coefficient (Wildman–Crippen LogP) is 3.23. The topological polar surface area (TPSA) is 94.8 Å². The number of carbonyl (C=O) groups is 2. The first-order chi connectivity index (χ1) is 10.4. The smallest absolute Gasteiger partial charge is 0.335 e. The predicted molar refractivity (Wildman–Crippen MR) is 80.9 cm³/mol. The van der Waals surface area contributed by atoms with Crippen molar-refractivity contribution in [2.45, 2.75) is 12.8 Å². The number of aryl methyl sites for hydroxylation is 2. The van der Waals surface area contributed by atoms with E-state index in [0.717, 1.165) is 6.07 Å². The minimum absolute atomic E-state index is 0.0785. The van der Waals surface area contributed by atoms with Crippen LogP contribution in [0.2, 0.25) is 5.02 Å². The molecule has 6 heteroatoms. The number of hydrogen-bond donors (Lipinski definition) is 3. The Kier molecular flexibility index (Phi) is 4.68. The number of phenols is 1. The normalized spacial score (nSPS) is 10.4. The summed E-state index contributed by atoms with van der Waals surface area (Å²) in [5, 5.41) is 28.3. The fourth-order valence-electron chi connectivity index (χ4n) is 2.12. The number of carboxylic acid groups (broad SMARTS) is 2. The Bertz CT molecular complexity index is 707. The highest BCUT2D eigenvalue weighted by Gasteiger charge is 2.12. The average Bonchev–Trinajstić information content (AvgIpc) is 2.47. The summed E-state index contributed by atoms with van der Waals surface area (Å²) in [6.45, 7) is 0. The largest absolute Gasteiger partial charge is 0.508 e. The Balaban J connectivity index is 2.27. The fourth-order valence-corrected chi connectivity index (χ4v) is 2.31. The van der Waals surface area contributed by atoms with E-state index in [-0.39, 0.29) is 16.9 Å². The molecule has 0 aliphatic heterocycles. The third-order valence-corrected chi connectivity index (χ3v) is 3.45. The van der Waals surface area contributed by atoms with E-state index in [1.54, 1.807) is 12.1 Å². The minimum Gasteiger partial charge on any atom is -0.508 e. The zero-order chi connectivity index (χ0) is 16.3. The summed E-state index contributed by atoms with van der Waals surface area (Å²) < 4.78 is 0. The molecule has 3 N–H and O–H groups in total. The second-order valence-electron chi connectivity index (χ2n) is 4.80. The van der Waals surface area contributed by atoms with E-state index >= 15 is 0 Å². The van der Waals surface area contributed by atoms with Crippen LogP contribution in [-0.4, -0.2) is 27.3 Å². The number of benzene rings is 2. The van der Waals surface area contributed by atoms with Crippen LogP contribution in [0.15, 0.2) is 36.4 Å². The zero-order valence-corrected chi connectivity index (χ0v) is 12.2. The number of aromatic hydroxyl groups is 1. The molecular weight excluding hydrogens is 308 g/mol. The van der Waals surface area contributed by atoms with Crippen molar-refractivity contribution in [3.63, 3.8) is 0 Å². The Labute approximate surface area is 131 Å². The van der Waals surface area contributed by atoms with Crippen LogP contribution in [0.1, 0.15) is 31.8 Å². The molecule has 22 heavy (non-hydrogen) atoms. The fraction of sp³-hybridized carbons (Fsp3) is 0.125. The van der Waals surface area contributed by atoms with Gasteiger partial charge in [0.05, 0.1) is 11.1 Å². The van der Waals surface area contributed by atoms with E-state index in [9.17, 15) is 14.7 Å². The molecule has 2 aromatic rings.